The Bertz CT molecular complexity index is 526. The van der Waals surface area contributed by atoms with Crippen molar-refractivity contribution in [3.63, 3.8) is 0 Å². The highest BCUT2D eigenvalue weighted by atomic mass is 16.6. The topological polar surface area (TPSA) is 65.3 Å². The van der Waals surface area contributed by atoms with Gasteiger partial charge in [-0.2, -0.15) is 0 Å². The molecule has 0 unspecified atom stereocenters. The zero-order chi connectivity index (χ0) is 13.0. The highest BCUT2D eigenvalue weighted by Gasteiger charge is 2.09. The van der Waals surface area contributed by atoms with E-state index in [0.717, 1.165) is 5.69 Å². The summed E-state index contributed by atoms with van der Waals surface area (Å²) < 4.78 is 5.65. The lowest BCUT2D eigenvalue weighted by Gasteiger charge is -2.13. The molecule has 0 aliphatic rings. The van der Waals surface area contributed by atoms with Crippen LogP contribution in [0.2, 0.25) is 0 Å². The molecule has 1 heterocycles. The fourth-order valence-electron chi connectivity index (χ4n) is 1.53. The third kappa shape index (κ3) is 2.82. The van der Waals surface area contributed by atoms with Crippen molar-refractivity contribution in [1.29, 1.82) is 0 Å². The molecule has 1 aromatic heterocycles. The largest absolute Gasteiger partial charge is 0.484 e. The lowest BCUT2D eigenvalue weighted by molar-refractivity contribution is -0.384. The molecule has 0 radical (unpaired) electrons. The highest BCUT2D eigenvalue weighted by Crippen LogP contribution is 2.22. The number of benzene rings is 1. The minimum absolute atomic E-state index is 0.0489. The molecular weight excluding hydrogens is 232 g/mol. The molecule has 0 saturated heterocycles. The summed E-state index contributed by atoms with van der Waals surface area (Å²) in [5.41, 5.74) is 0.865. The molecule has 92 valence electrons. The van der Waals surface area contributed by atoms with Crippen LogP contribution in [0.3, 0.4) is 0 Å². The highest BCUT2D eigenvalue weighted by molar-refractivity contribution is 5.36. The van der Waals surface area contributed by atoms with Crippen LogP contribution in [0.15, 0.2) is 48.7 Å². The quantitative estimate of drug-likeness (QED) is 0.612. The number of pyridine rings is 1. The number of nitro benzene ring substituents is 1. The Hall–Kier alpha value is -2.43. The van der Waals surface area contributed by atoms with Crippen molar-refractivity contribution in [1.82, 2.24) is 4.98 Å². The second-order valence-electron chi connectivity index (χ2n) is 3.77. The van der Waals surface area contributed by atoms with Crippen LogP contribution in [0.4, 0.5) is 5.69 Å². The molecule has 18 heavy (non-hydrogen) atoms. The molecule has 0 saturated carbocycles. The van der Waals surface area contributed by atoms with Gasteiger partial charge in [-0.3, -0.25) is 15.1 Å². The lowest BCUT2D eigenvalue weighted by atomic mass is 10.2. The number of hydrogen-bond acceptors (Lipinski definition) is 4. The number of ether oxygens (including phenoxy) is 1. The minimum Gasteiger partial charge on any atom is -0.484 e. The van der Waals surface area contributed by atoms with Crippen LogP contribution in [0.1, 0.15) is 18.7 Å². The SMILES string of the molecule is C[C@@H](Oc1ccc([N+](=O)[O-])cc1)c1ccccn1. The van der Waals surface area contributed by atoms with Gasteiger partial charge in [0.15, 0.2) is 0 Å². The van der Waals surface area contributed by atoms with Crippen molar-refractivity contribution in [2.45, 2.75) is 13.0 Å². The number of hydrogen-bond donors (Lipinski definition) is 0. The van der Waals surface area contributed by atoms with Crippen molar-refractivity contribution in [2.24, 2.45) is 0 Å². The fraction of sp³-hybridized carbons (Fsp3) is 0.154. The standard InChI is InChI=1S/C13H12N2O3/c1-10(13-4-2-3-9-14-13)18-12-7-5-11(6-8-12)15(16)17/h2-10H,1H3/t10-/m1/s1. The Morgan fingerprint density at radius 1 is 1.22 bits per heavy atom. The van der Waals surface area contributed by atoms with E-state index >= 15 is 0 Å². The van der Waals surface area contributed by atoms with Gasteiger partial charge in [-0.25, -0.2) is 0 Å². The van der Waals surface area contributed by atoms with Crippen LogP contribution >= 0.6 is 0 Å². The number of nitrogens with zero attached hydrogens (tertiary/aromatic N) is 2. The van der Waals surface area contributed by atoms with Crippen LogP contribution in [0.25, 0.3) is 0 Å². The molecule has 0 spiro atoms. The summed E-state index contributed by atoms with van der Waals surface area (Å²) >= 11 is 0. The number of nitro groups is 1. The number of non-ortho nitro benzene ring substituents is 1. The van der Waals surface area contributed by atoms with Gasteiger partial charge in [0.05, 0.1) is 10.6 Å². The van der Waals surface area contributed by atoms with Gasteiger partial charge in [-0.05, 0) is 31.2 Å². The first-order valence-corrected chi connectivity index (χ1v) is 5.49. The van der Waals surface area contributed by atoms with E-state index in [-0.39, 0.29) is 11.8 Å². The number of aromatic nitrogens is 1. The summed E-state index contributed by atoms with van der Waals surface area (Å²) in [4.78, 5) is 14.3. The average Bonchev–Trinajstić information content (AvgIpc) is 2.40. The Labute approximate surface area is 104 Å². The average molecular weight is 244 g/mol. The van der Waals surface area contributed by atoms with Gasteiger partial charge >= 0.3 is 0 Å². The van der Waals surface area contributed by atoms with Crippen molar-refractivity contribution >= 4 is 5.69 Å². The molecule has 0 fully saturated rings. The predicted octanol–water partition coefficient (Wildman–Crippen LogP) is 3.13. The summed E-state index contributed by atoms with van der Waals surface area (Å²) in [7, 11) is 0. The zero-order valence-electron chi connectivity index (χ0n) is 9.82. The summed E-state index contributed by atoms with van der Waals surface area (Å²) in [6.45, 7) is 1.88. The normalized spacial score (nSPS) is 11.8. The maximum Gasteiger partial charge on any atom is 0.269 e. The molecule has 1 aromatic carbocycles. The maximum atomic E-state index is 10.5. The molecule has 1 atom stereocenters. The zero-order valence-corrected chi connectivity index (χ0v) is 9.82. The van der Waals surface area contributed by atoms with Crippen molar-refractivity contribution in [2.75, 3.05) is 0 Å². The Kier molecular flexibility index (Phi) is 3.52. The smallest absolute Gasteiger partial charge is 0.269 e. The van der Waals surface area contributed by atoms with E-state index in [1.807, 2.05) is 25.1 Å². The lowest BCUT2D eigenvalue weighted by Crippen LogP contribution is -2.04. The first-order chi connectivity index (χ1) is 8.66. The van der Waals surface area contributed by atoms with E-state index < -0.39 is 4.92 Å². The van der Waals surface area contributed by atoms with E-state index in [2.05, 4.69) is 4.98 Å². The molecule has 0 aliphatic heterocycles. The van der Waals surface area contributed by atoms with E-state index in [0.29, 0.717) is 5.75 Å². The van der Waals surface area contributed by atoms with Gasteiger partial charge in [-0.15, -0.1) is 0 Å². The van der Waals surface area contributed by atoms with Gasteiger partial charge in [0.25, 0.3) is 5.69 Å². The van der Waals surface area contributed by atoms with Gasteiger partial charge in [0.1, 0.15) is 11.9 Å². The van der Waals surface area contributed by atoms with Gasteiger partial charge in [0, 0.05) is 18.3 Å². The van der Waals surface area contributed by atoms with E-state index in [4.69, 9.17) is 4.74 Å². The minimum atomic E-state index is -0.439. The molecule has 0 bridgehead atoms. The van der Waals surface area contributed by atoms with Gasteiger partial charge < -0.3 is 4.74 Å². The second kappa shape index (κ2) is 5.27. The first kappa shape index (κ1) is 12.0. The van der Waals surface area contributed by atoms with Crippen LogP contribution in [0, 0.1) is 10.1 Å². The van der Waals surface area contributed by atoms with E-state index in [9.17, 15) is 10.1 Å². The fourth-order valence-corrected chi connectivity index (χ4v) is 1.53. The molecular formula is C13H12N2O3. The molecule has 0 N–H and O–H groups in total. The van der Waals surface area contributed by atoms with Crippen LogP contribution in [-0.2, 0) is 0 Å². The Morgan fingerprint density at radius 3 is 2.50 bits per heavy atom. The van der Waals surface area contributed by atoms with Crippen molar-refractivity contribution in [3.05, 3.63) is 64.5 Å². The van der Waals surface area contributed by atoms with Crippen molar-refractivity contribution < 1.29 is 9.66 Å². The molecule has 0 aliphatic carbocycles. The maximum absolute atomic E-state index is 10.5. The van der Waals surface area contributed by atoms with Crippen LogP contribution < -0.4 is 4.74 Å². The summed E-state index contributed by atoms with van der Waals surface area (Å²) in [6.07, 6.45) is 1.50. The van der Waals surface area contributed by atoms with Crippen molar-refractivity contribution in [3.8, 4) is 5.75 Å². The first-order valence-electron chi connectivity index (χ1n) is 5.49. The number of rotatable bonds is 4. The predicted molar refractivity (Wildman–Crippen MR) is 66.4 cm³/mol. The molecule has 5 heteroatoms. The third-order valence-electron chi connectivity index (χ3n) is 2.46. The monoisotopic (exact) mass is 244 g/mol. The van der Waals surface area contributed by atoms with E-state index in [1.54, 1.807) is 18.3 Å². The second-order valence-corrected chi connectivity index (χ2v) is 3.77. The summed E-state index contributed by atoms with van der Waals surface area (Å²) in [5.74, 6) is 0.582. The molecule has 5 nitrogen and oxygen atoms in total. The van der Waals surface area contributed by atoms with Gasteiger partial charge in [0.2, 0.25) is 0 Å². The molecule has 0 amide bonds. The Morgan fingerprint density at radius 2 is 1.94 bits per heavy atom. The summed E-state index contributed by atoms with van der Waals surface area (Å²) in [6, 6.07) is 11.6. The van der Waals surface area contributed by atoms with Crippen LogP contribution in [0.5, 0.6) is 5.75 Å². The van der Waals surface area contributed by atoms with Crippen LogP contribution in [-0.4, -0.2) is 9.91 Å². The summed E-state index contributed by atoms with van der Waals surface area (Å²) in [5, 5.41) is 10.5. The van der Waals surface area contributed by atoms with E-state index in [1.165, 1.54) is 12.1 Å². The Balaban J connectivity index is 2.08. The molecule has 2 aromatic rings. The molecule has 2 rings (SSSR count). The van der Waals surface area contributed by atoms with Gasteiger partial charge in [-0.1, -0.05) is 6.07 Å². The third-order valence-corrected chi connectivity index (χ3v) is 2.46.